The average molecular weight is 886 g/mol. The fourth-order valence-electron chi connectivity index (χ4n) is 7.00. The van der Waals surface area contributed by atoms with Crippen molar-refractivity contribution in [1.82, 2.24) is 5.32 Å². The van der Waals surface area contributed by atoms with Crippen LogP contribution in [0.25, 0.3) is 0 Å². The Bertz CT molecular complexity index is 1360. The number of aliphatic hydroxyl groups excluding tert-OH is 2. The predicted molar refractivity (Wildman–Crippen MR) is 277 cm³/mol. The number of esters is 1. The van der Waals surface area contributed by atoms with Gasteiger partial charge in [0.15, 0.2) is 0 Å². The minimum absolute atomic E-state index is 0.0132. The second-order valence-electron chi connectivity index (χ2n) is 16.9. The van der Waals surface area contributed by atoms with E-state index in [1.165, 1.54) is 64.2 Å². The van der Waals surface area contributed by atoms with Crippen LogP contribution in [-0.4, -0.2) is 46.9 Å². The molecule has 3 unspecified atom stereocenters. The van der Waals surface area contributed by atoms with Crippen LogP contribution in [0, 0.1) is 0 Å². The molecule has 6 nitrogen and oxygen atoms in total. The lowest BCUT2D eigenvalue weighted by atomic mass is 10.0. The Balaban J connectivity index is 4.82. The number of hydrogen-bond donors (Lipinski definition) is 3. The van der Waals surface area contributed by atoms with Gasteiger partial charge in [0.05, 0.1) is 25.2 Å². The Kier molecular flexibility index (Phi) is 47.3. The third kappa shape index (κ3) is 44.9. The summed E-state index contributed by atoms with van der Waals surface area (Å²) in [5.41, 5.74) is 0. The van der Waals surface area contributed by atoms with Gasteiger partial charge in [0.2, 0.25) is 5.91 Å². The number of carbonyl (C=O) groups is 2. The van der Waals surface area contributed by atoms with Gasteiger partial charge in [0.1, 0.15) is 6.10 Å². The molecule has 6 heteroatoms. The van der Waals surface area contributed by atoms with Crippen molar-refractivity contribution >= 4 is 11.9 Å². The first-order valence-corrected chi connectivity index (χ1v) is 25.8. The molecule has 0 aromatic carbocycles. The lowest BCUT2D eigenvalue weighted by Gasteiger charge is -2.24. The fourth-order valence-corrected chi connectivity index (χ4v) is 7.00. The molecule has 0 aliphatic heterocycles. The van der Waals surface area contributed by atoms with Crippen LogP contribution >= 0.6 is 0 Å². The molecule has 64 heavy (non-hydrogen) atoms. The average Bonchev–Trinajstić information content (AvgIpc) is 3.29. The highest BCUT2D eigenvalue weighted by Gasteiger charge is 2.24. The molecule has 0 heterocycles. The van der Waals surface area contributed by atoms with Gasteiger partial charge in [-0.2, -0.15) is 0 Å². The summed E-state index contributed by atoms with van der Waals surface area (Å²) in [4.78, 5) is 26.1. The Morgan fingerprint density at radius 2 is 0.906 bits per heavy atom. The monoisotopic (exact) mass is 886 g/mol. The van der Waals surface area contributed by atoms with Crippen LogP contribution < -0.4 is 5.32 Å². The van der Waals surface area contributed by atoms with Gasteiger partial charge in [-0.25, -0.2) is 0 Å². The van der Waals surface area contributed by atoms with Gasteiger partial charge in [-0.05, 0) is 89.9 Å². The Morgan fingerprint density at radius 1 is 0.484 bits per heavy atom. The number of hydrogen-bond acceptors (Lipinski definition) is 5. The fraction of sp³-hybridized carbons (Fsp3) is 0.621. The molecule has 0 saturated heterocycles. The van der Waals surface area contributed by atoms with E-state index in [0.717, 1.165) is 89.9 Å². The van der Waals surface area contributed by atoms with Crippen LogP contribution in [0.5, 0.6) is 0 Å². The van der Waals surface area contributed by atoms with Crippen molar-refractivity contribution in [2.24, 2.45) is 0 Å². The first kappa shape index (κ1) is 60.3. The van der Waals surface area contributed by atoms with Crippen LogP contribution in [-0.2, 0) is 14.3 Å². The van der Waals surface area contributed by atoms with Gasteiger partial charge in [0.25, 0.3) is 0 Å². The van der Waals surface area contributed by atoms with E-state index in [4.69, 9.17) is 4.74 Å². The van der Waals surface area contributed by atoms with Crippen molar-refractivity contribution in [1.29, 1.82) is 0 Å². The number of allylic oxidation sites excluding steroid dienone is 20. The number of nitrogens with one attached hydrogen (secondary N) is 1. The van der Waals surface area contributed by atoms with E-state index in [1.54, 1.807) is 0 Å². The smallest absolute Gasteiger partial charge is 0.306 e. The van der Waals surface area contributed by atoms with Crippen molar-refractivity contribution in [3.8, 4) is 0 Å². The van der Waals surface area contributed by atoms with E-state index < -0.39 is 18.2 Å². The molecule has 0 saturated carbocycles. The van der Waals surface area contributed by atoms with Crippen molar-refractivity contribution in [2.75, 3.05) is 6.61 Å². The second-order valence-corrected chi connectivity index (χ2v) is 16.9. The van der Waals surface area contributed by atoms with Crippen LogP contribution in [0.15, 0.2) is 122 Å². The summed E-state index contributed by atoms with van der Waals surface area (Å²) in [6.45, 7) is 6.27. The summed E-state index contributed by atoms with van der Waals surface area (Å²) < 4.78 is 5.87. The number of amides is 1. The highest BCUT2D eigenvalue weighted by atomic mass is 16.5. The third-order valence-corrected chi connectivity index (χ3v) is 10.9. The number of aliphatic hydroxyl groups is 2. The van der Waals surface area contributed by atoms with E-state index in [1.807, 2.05) is 24.3 Å². The lowest BCUT2D eigenvalue weighted by Crippen LogP contribution is -2.46. The topological polar surface area (TPSA) is 95.9 Å². The largest absolute Gasteiger partial charge is 0.462 e. The number of carbonyl (C=O) groups excluding carboxylic acids is 2. The van der Waals surface area contributed by atoms with Gasteiger partial charge in [-0.1, -0.05) is 226 Å². The van der Waals surface area contributed by atoms with Crippen molar-refractivity contribution < 1.29 is 24.5 Å². The van der Waals surface area contributed by atoms with E-state index in [2.05, 4.69) is 123 Å². The molecular formula is C58H95NO5. The molecule has 0 bridgehead atoms. The molecule has 0 radical (unpaired) electrons. The van der Waals surface area contributed by atoms with Crippen LogP contribution in [0.2, 0.25) is 0 Å². The number of ether oxygens (including phenoxy) is 1. The van der Waals surface area contributed by atoms with Gasteiger partial charge >= 0.3 is 5.97 Å². The summed E-state index contributed by atoms with van der Waals surface area (Å²) in [5.74, 6) is -0.625. The van der Waals surface area contributed by atoms with E-state index >= 15 is 0 Å². The Labute approximate surface area is 393 Å². The summed E-state index contributed by atoms with van der Waals surface area (Å²) in [5, 5.41) is 23.7. The van der Waals surface area contributed by atoms with Crippen molar-refractivity contribution in [3.05, 3.63) is 122 Å². The molecular weight excluding hydrogens is 791 g/mol. The predicted octanol–water partition coefficient (Wildman–Crippen LogP) is 15.7. The second kappa shape index (κ2) is 50.3. The minimum atomic E-state index is -0.818. The lowest BCUT2D eigenvalue weighted by molar-refractivity contribution is -0.150. The standard InChI is InChI=1S/C58H95NO5/c1-4-7-10-13-16-19-22-24-26-28-29-30-32-34-36-39-42-45-48-51-58(63)64-54(49-46-43-40-37-35-33-31-27-25-23-20-17-14-11-8-5-2)52-57(62)59-55(53-60)56(61)50-47-44-41-38-21-18-15-12-9-6-3/h7,10,16-17,19-20,23-27,29-31,33-36,42,45,54-56,60-61H,4-6,8-9,11-15,18,21-22,28,32,37-41,43-44,46-53H2,1-3H3,(H,59,62)/b10-7-,19-16-,20-17+,25-23+,26-24-,30-29-,31-27+,35-33+,36-34-,45-42-. The van der Waals surface area contributed by atoms with Crippen LogP contribution in [0.1, 0.15) is 207 Å². The van der Waals surface area contributed by atoms with Crippen LogP contribution in [0.4, 0.5) is 0 Å². The molecule has 3 N–H and O–H groups in total. The van der Waals surface area contributed by atoms with E-state index in [0.29, 0.717) is 19.3 Å². The Morgan fingerprint density at radius 3 is 1.42 bits per heavy atom. The molecule has 3 atom stereocenters. The molecule has 1 amide bonds. The van der Waals surface area contributed by atoms with Crippen molar-refractivity contribution in [3.63, 3.8) is 0 Å². The maximum atomic E-state index is 13.2. The summed E-state index contributed by atoms with van der Waals surface area (Å²) in [7, 11) is 0. The number of unbranched alkanes of at least 4 members (excludes halogenated alkanes) is 15. The molecule has 0 fully saturated rings. The van der Waals surface area contributed by atoms with E-state index in [9.17, 15) is 19.8 Å². The summed E-state index contributed by atoms with van der Waals surface area (Å²) >= 11 is 0. The first-order valence-electron chi connectivity index (χ1n) is 25.8. The molecule has 0 aliphatic carbocycles. The maximum Gasteiger partial charge on any atom is 0.306 e. The van der Waals surface area contributed by atoms with Gasteiger partial charge in [-0.3, -0.25) is 9.59 Å². The molecule has 0 spiro atoms. The molecule has 0 aliphatic rings. The minimum Gasteiger partial charge on any atom is -0.462 e. The molecule has 362 valence electrons. The zero-order valence-corrected chi connectivity index (χ0v) is 41.1. The van der Waals surface area contributed by atoms with Gasteiger partial charge in [0, 0.05) is 6.42 Å². The van der Waals surface area contributed by atoms with Crippen LogP contribution in [0.3, 0.4) is 0 Å². The zero-order chi connectivity index (χ0) is 46.7. The zero-order valence-electron chi connectivity index (χ0n) is 41.1. The summed E-state index contributed by atoms with van der Waals surface area (Å²) in [6.07, 6.45) is 69.8. The SMILES string of the molecule is CC/C=C\C/C=C\C/C=C\C/C=C\C/C=C\C/C=C\CCC(=O)OC(CCCCC/C=C/C=C/C=C/C=C/CCCCC)CC(=O)NC(CO)C(O)CCCCCCCCCCCC. The maximum absolute atomic E-state index is 13.2. The summed E-state index contributed by atoms with van der Waals surface area (Å²) in [6, 6.07) is -0.737. The first-order chi connectivity index (χ1) is 31.5. The number of rotatable bonds is 44. The molecule has 0 aromatic rings. The van der Waals surface area contributed by atoms with E-state index in [-0.39, 0.29) is 31.3 Å². The van der Waals surface area contributed by atoms with Gasteiger partial charge in [-0.15, -0.1) is 0 Å². The van der Waals surface area contributed by atoms with Crippen molar-refractivity contribution in [2.45, 2.75) is 225 Å². The highest BCUT2D eigenvalue weighted by molar-refractivity contribution is 5.77. The highest BCUT2D eigenvalue weighted by Crippen LogP contribution is 2.16. The normalized spacial score (nSPS) is 14.3. The third-order valence-electron chi connectivity index (χ3n) is 10.9. The molecule has 0 aromatic heterocycles. The quantitative estimate of drug-likeness (QED) is 0.0245. The van der Waals surface area contributed by atoms with Gasteiger partial charge < -0.3 is 20.3 Å². The Hall–Kier alpha value is -3.74. The molecule has 0 rings (SSSR count).